The molecule has 0 atom stereocenters. The van der Waals surface area contributed by atoms with Crippen LogP contribution in [-0.4, -0.2) is 19.5 Å². The predicted octanol–water partition coefficient (Wildman–Crippen LogP) is 14.3. The van der Waals surface area contributed by atoms with Gasteiger partial charge in [0.2, 0.25) is 0 Å². The van der Waals surface area contributed by atoms with Crippen LogP contribution >= 0.6 is 11.3 Å². The Bertz CT molecular complexity index is 3620. The second-order valence-electron chi connectivity index (χ2n) is 15.1. The Balaban J connectivity index is 1.09. The van der Waals surface area contributed by atoms with Crippen LogP contribution in [0, 0.1) is 0 Å². The van der Waals surface area contributed by atoms with Crippen LogP contribution in [0.25, 0.3) is 126 Å². The lowest BCUT2D eigenvalue weighted by Crippen LogP contribution is -2.01. The number of aromatic nitrogens is 4. The van der Waals surface area contributed by atoms with Gasteiger partial charge in [-0.15, -0.1) is 11.3 Å². The highest BCUT2D eigenvalue weighted by atomic mass is 32.1. The Morgan fingerprint density at radius 2 is 0.966 bits per heavy atom. The van der Waals surface area contributed by atoms with E-state index < -0.39 is 0 Å². The van der Waals surface area contributed by atoms with Crippen LogP contribution in [0.1, 0.15) is 0 Å². The molecule has 0 spiro atoms. The zero-order valence-corrected chi connectivity index (χ0v) is 31.8. The maximum atomic E-state index is 5.13. The van der Waals surface area contributed by atoms with Crippen molar-refractivity contribution in [1.29, 1.82) is 0 Å². The van der Waals surface area contributed by atoms with E-state index in [1.807, 2.05) is 47.7 Å². The van der Waals surface area contributed by atoms with Gasteiger partial charge in [0.25, 0.3) is 0 Å². The lowest BCUT2D eigenvalue weighted by atomic mass is 9.92. The van der Waals surface area contributed by atoms with E-state index in [1.54, 1.807) is 0 Å². The maximum absolute atomic E-state index is 5.13. The number of benzene rings is 9. The van der Waals surface area contributed by atoms with Crippen LogP contribution in [0.4, 0.5) is 0 Å². The van der Waals surface area contributed by atoms with Gasteiger partial charge in [0, 0.05) is 53.0 Å². The standard InChI is InChI=1S/C53H30N4S/c1-3-13-32(14-4-1)51-54-52(33-15-5-2-6-16-33)56-53(55-51)39-26-28-43(35-19-8-7-18-34(35)39)57-44-23-12-22-38-41-30-47-42(36-20-9-10-24-46(36)58-47)29-40(41)37-21-11-17-31-25-27-45(57)50(48(31)37)49(38)44/h1-30H. The minimum atomic E-state index is 0.647. The first kappa shape index (κ1) is 31.7. The molecule has 0 fully saturated rings. The van der Waals surface area contributed by atoms with Crippen LogP contribution in [0.2, 0.25) is 0 Å². The molecule has 0 bridgehead atoms. The lowest BCUT2D eigenvalue weighted by Gasteiger charge is -2.17. The monoisotopic (exact) mass is 754 g/mol. The molecule has 3 heterocycles. The number of thiophene rings is 1. The van der Waals surface area contributed by atoms with E-state index in [1.165, 1.54) is 75.0 Å². The summed E-state index contributed by atoms with van der Waals surface area (Å²) in [5.74, 6) is 1.95. The summed E-state index contributed by atoms with van der Waals surface area (Å²) in [4.78, 5) is 15.2. The predicted molar refractivity (Wildman–Crippen MR) is 243 cm³/mol. The van der Waals surface area contributed by atoms with E-state index in [2.05, 4.69) is 150 Å². The van der Waals surface area contributed by atoms with Crippen molar-refractivity contribution in [3.8, 4) is 62.1 Å². The largest absolute Gasteiger partial charge is 0.309 e. The van der Waals surface area contributed by atoms with Gasteiger partial charge >= 0.3 is 0 Å². The van der Waals surface area contributed by atoms with Crippen LogP contribution in [-0.2, 0) is 0 Å². The second kappa shape index (κ2) is 12.0. The van der Waals surface area contributed by atoms with E-state index in [-0.39, 0.29) is 0 Å². The van der Waals surface area contributed by atoms with Gasteiger partial charge in [0.15, 0.2) is 17.5 Å². The number of hydrogen-bond donors (Lipinski definition) is 0. The first-order valence-electron chi connectivity index (χ1n) is 19.6. The Morgan fingerprint density at radius 1 is 0.345 bits per heavy atom. The quantitative estimate of drug-likeness (QED) is 0.180. The van der Waals surface area contributed by atoms with Gasteiger partial charge in [-0.05, 0) is 80.9 Å². The summed E-state index contributed by atoms with van der Waals surface area (Å²) in [6.45, 7) is 0. The molecule has 4 nitrogen and oxygen atoms in total. The van der Waals surface area contributed by atoms with Crippen LogP contribution in [0.3, 0.4) is 0 Å². The van der Waals surface area contributed by atoms with E-state index in [9.17, 15) is 0 Å². The summed E-state index contributed by atoms with van der Waals surface area (Å²) in [6.07, 6.45) is 0. The fourth-order valence-electron chi connectivity index (χ4n) is 9.45. The summed E-state index contributed by atoms with van der Waals surface area (Å²) in [5.41, 5.74) is 11.5. The molecule has 13 rings (SSSR count). The van der Waals surface area contributed by atoms with Crippen molar-refractivity contribution < 1.29 is 0 Å². The highest BCUT2D eigenvalue weighted by Gasteiger charge is 2.27. The van der Waals surface area contributed by atoms with Crippen LogP contribution in [0.15, 0.2) is 182 Å². The average molecular weight is 755 g/mol. The van der Waals surface area contributed by atoms with Crippen LogP contribution < -0.4 is 0 Å². The maximum Gasteiger partial charge on any atom is 0.164 e. The van der Waals surface area contributed by atoms with Gasteiger partial charge in [-0.1, -0.05) is 140 Å². The van der Waals surface area contributed by atoms with Crippen molar-refractivity contribution in [2.75, 3.05) is 0 Å². The number of nitrogens with zero attached hydrogens (tertiary/aromatic N) is 4. The van der Waals surface area contributed by atoms with Crippen LogP contribution in [0.5, 0.6) is 0 Å². The van der Waals surface area contributed by atoms with Gasteiger partial charge in [-0.25, -0.2) is 15.0 Å². The number of hydrogen-bond acceptors (Lipinski definition) is 4. The van der Waals surface area contributed by atoms with Crippen molar-refractivity contribution in [2.45, 2.75) is 0 Å². The van der Waals surface area contributed by atoms with Crippen molar-refractivity contribution in [3.63, 3.8) is 0 Å². The molecule has 58 heavy (non-hydrogen) atoms. The molecule has 5 heteroatoms. The first-order valence-corrected chi connectivity index (χ1v) is 20.4. The normalized spacial score (nSPS) is 12.1. The van der Waals surface area contributed by atoms with Crippen molar-refractivity contribution >= 4 is 74.9 Å². The fourth-order valence-corrected chi connectivity index (χ4v) is 10.6. The Morgan fingerprint density at radius 3 is 1.74 bits per heavy atom. The molecule has 0 saturated carbocycles. The average Bonchev–Trinajstić information content (AvgIpc) is 3.80. The van der Waals surface area contributed by atoms with E-state index in [0.29, 0.717) is 17.5 Å². The molecule has 3 aromatic heterocycles. The van der Waals surface area contributed by atoms with Crippen molar-refractivity contribution in [3.05, 3.63) is 182 Å². The van der Waals surface area contributed by atoms with Crippen molar-refractivity contribution in [2.24, 2.45) is 0 Å². The molecule has 0 N–H and O–H groups in total. The zero-order valence-electron chi connectivity index (χ0n) is 31.0. The summed E-state index contributed by atoms with van der Waals surface area (Å²) >= 11 is 1.88. The topological polar surface area (TPSA) is 43.6 Å². The summed E-state index contributed by atoms with van der Waals surface area (Å²) < 4.78 is 5.12. The van der Waals surface area contributed by atoms with Gasteiger partial charge in [0.1, 0.15) is 0 Å². The molecular formula is C53H30N4S. The molecule has 0 aliphatic heterocycles. The molecule has 9 aromatic carbocycles. The highest BCUT2D eigenvalue weighted by molar-refractivity contribution is 7.25. The van der Waals surface area contributed by atoms with Gasteiger partial charge in [-0.2, -0.15) is 0 Å². The molecule has 0 saturated heterocycles. The number of rotatable bonds is 4. The molecule has 1 aliphatic carbocycles. The Labute approximate surface area is 337 Å². The Kier molecular flexibility index (Phi) is 6.57. The van der Waals surface area contributed by atoms with E-state index >= 15 is 0 Å². The zero-order chi connectivity index (χ0) is 37.9. The minimum absolute atomic E-state index is 0.647. The van der Waals surface area contributed by atoms with E-state index in [0.717, 1.165) is 33.2 Å². The van der Waals surface area contributed by atoms with E-state index in [4.69, 9.17) is 15.0 Å². The Hall–Kier alpha value is -7.47. The van der Waals surface area contributed by atoms with Gasteiger partial charge < -0.3 is 4.57 Å². The molecule has 0 radical (unpaired) electrons. The third kappa shape index (κ3) is 4.47. The highest BCUT2D eigenvalue weighted by Crippen LogP contribution is 2.52. The molecule has 0 amide bonds. The van der Waals surface area contributed by atoms with Gasteiger partial charge in [-0.3, -0.25) is 0 Å². The molecule has 0 unspecified atom stereocenters. The second-order valence-corrected chi connectivity index (χ2v) is 16.2. The van der Waals surface area contributed by atoms with Gasteiger partial charge in [0.05, 0.1) is 16.7 Å². The third-order valence-electron chi connectivity index (χ3n) is 12.0. The summed E-state index contributed by atoms with van der Waals surface area (Å²) in [6, 6.07) is 65.5. The summed E-state index contributed by atoms with van der Waals surface area (Å²) in [7, 11) is 0. The molecule has 268 valence electrons. The SMILES string of the molecule is c1ccc(-c2nc(-c3ccccc3)nc(-c3ccc(-n4c5cccc6c5c5c7c(cccc7ccc54)-c4cc5c(cc4-6)sc4ccccc45)c4ccccc34)n2)cc1. The lowest BCUT2D eigenvalue weighted by molar-refractivity contribution is 1.08. The van der Waals surface area contributed by atoms with Crippen molar-refractivity contribution in [1.82, 2.24) is 19.5 Å². The molecule has 1 aliphatic rings. The fraction of sp³-hybridized carbons (Fsp3) is 0. The molecular weight excluding hydrogens is 725 g/mol. The molecule has 12 aromatic rings. The summed E-state index contributed by atoms with van der Waals surface area (Å²) in [5, 5.41) is 10.0. The first-order chi connectivity index (χ1) is 28.8. The smallest absolute Gasteiger partial charge is 0.164 e. The minimum Gasteiger partial charge on any atom is -0.309 e. The third-order valence-corrected chi connectivity index (χ3v) is 13.1. The number of fused-ring (bicyclic) bond motifs is 7.